The van der Waals surface area contributed by atoms with Crippen LogP contribution in [0.1, 0.15) is 28.1 Å². The van der Waals surface area contributed by atoms with Crippen molar-refractivity contribution in [2.75, 3.05) is 19.6 Å². The summed E-state index contributed by atoms with van der Waals surface area (Å²) in [5, 5.41) is 5.48. The largest absolute Gasteiger partial charge is 0.366 e. The van der Waals surface area contributed by atoms with E-state index in [1.165, 1.54) is 37.4 Å². The Morgan fingerprint density at radius 1 is 1.50 bits per heavy atom. The number of nitrogens with zero attached hydrogens (tertiary/aromatic N) is 1. The van der Waals surface area contributed by atoms with Crippen LogP contribution in [-0.2, 0) is 6.54 Å². The number of thiophene rings is 1. The molecule has 0 radical (unpaired) electrons. The van der Waals surface area contributed by atoms with Gasteiger partial charge in [0.25, 0.3) is 0 Å². The number of carbonyl (C=O) groups is 1. The van der Waals surface area contributed by atoms with Gasteiger partial charge in [-0.2, -0.15) is 0 Å². The van der Waals surface area contributed by atoms with E-state index >= 15 is 0 Å². The van der Waals surface area contributed by atoms with Crippen LogP contribution in [0.25, 0.3) is 0 Å². The average Bonchev–Trinajstić information content (AvgIpc) is 2.87. The molecule has 1 amide bonds. The van der Waals surface area contributed by atoms with Crippen LogP contribution in [-0.4, -0.2) is 36.5 Å². The van der Waals surface area contributed by atoms with Gasteiger partial charge in [0.15, 0.2) is 0 Å². The maximum Gasteiger partial charge on any atom is 0.249 e. The third-order valence-electron chi connectivity index (χ3n) is 4.13. The van der Waals surface area contributed by atoms with Crippen LogP contribution in [0.15, 0.2) is 11.4 Å². The number of fused-ring (bicyclic) bond motifs is 3. The van der Waals surface area contributed by atoms with Crippen molar-refractivity contribution in [2.45, 2.75) is 25.4 Å². The predicted octanol–water partition coefficient (Wildman–Crippen LogP) is 1.03. The molecule has 2 bridgehead atoms. The molecule has 1 aromatic rings. The van der Waals surface area contributed by atoms with Crippen LogP contribution < -0.4 is 11.1 Å². The highest BCUT2D eigenvalue weighted by atomic mass is 32.1. The second-order valence-corrected chi connectivity index (χ2v) is 6.29. The maximum absolute atomic E-state index is 11.0. The van der Waals surface area contributed by atoms with Crippen LogP contribution in [0.2, 0.25) is 0 Å². The molecule has 0 aliphatic carbocycles. The zero-order chi connectivity index (χ0) is 12.5. The van der Waals surface area contributed by atoms with Crippen molar-refractivity contribution in [3.8, 4) is 0 Å². The second kappa shape index (κ2) is 4.99. The number of primary amides is 1. The zero-order valence-corrected chi connectivity index (χ0v) is 11.2. The first-order chi connectivity index (χ1) is 8.72. The van der Waals surface area contributed by atoms with E-state index in [1.54, 1.807) is 11.3 Å². The van der Waals surface area contributed by atoms with Gasteiger partial charge in [0, 0.05) is 29.4 Å². The maximum atomic E-state index is 11.0. The molecule has 18 heavy (non-hydrogen) atoms. The normalized spacial score (nSPS) is 30.6. The smallest absolute Gasteiger partial charge is 0.249 e. The van der Waals surface area contributed by atoms with E-state index in [1.807, 2.05) is 11.4 Å². The Balaban J connectivity index is 1.56. The molecule has 3 aliphatic heterocycles. The van der Waals surface area contributed by atoms with E-state index in [2.05, 4.69) is 10.2 Å². The van der Waals surface area contributed by atoms with Gasteiger partial charge in [-0.15, -0.1) is 11.3 Å². The van der Waals surface area contributed by atoms with Gasteiger partial charge in [0.2, 0.25) is 5.91 Å². The highest BCUT2D eigenvalue weighted by Crippen LogP contribution is 2.27. The third kappa shape index (κ3) is 2.43. The highest BCUT2D eigenvalue weighted by Gasteiger charge is 2.33. The van der Waals surface area contributed by atoms with Crippen LogP contribution in [0, 0.1) is 5.92 Å². The second-order valence-electron chi connectivity index (χ2n) is 5.29. The molecule has 98 valence electrons. The van der Waals surface area contributed by atoms with Crippen molar-refractivity contribution < 1.29 is 4.79 Å². The van der Waals surface area contributed by atoms with Crippen molar-refractivity contribution in [3.05, 3.63) is 21.9 Å². The van der Waals surface area contributed by atoms with Crippen LogP contribution in [0.3, 0.4) is 0 Å². The Morgan fingerprint density at radius 3 is 2.83 bits per heavy atom. The predicted molar refractivity (Wildman–Crippen MR) is 72.6 cm³/mol. The fourth-order valence-corrected chi connectivity index (χ4v) is 3.85. The molecule has 4 rings (SSSR count). The Hall–Kier alpha value is -0.910. The van der Waals surface area contributed by atoms with Crippen LogP contribution in [0.5, 0.6) is 0 Å². The molecule has 3 fully saturated rings. The number of rotatable bonds is 4. The van der Waals surface area contributed by atoms with Crippen molar-refractivity contribution in [1.29, 1.82) is 0 Å². The van der Waals surface area contributed by atoms with Gasteiger partial charge in [-0.1, -0.05) is 0 Å². The zero-order valence-electron chi connectivity index (χ0n) is 10.4. The SMILES string of the molecule is NC(=O)c1csc(CNC2CN3CCC2CC3)c1. The Bertz CT molecular complexity index is 437. The average molecular weight is 265 g/mol. The molecular formula is C13H19N3OS. The highest BCUT2D eigenvalue weighted by molar-refractivity contribution is 7.10. The Labute approximate surface area is 111 Å². The summed E-state index contributed by atoms with van der Waals surface area (Å²) in [6.07, 6.45) is 2.66. The lowest BCUT2D eigenvalue weighted by molar-refractivity contribution is 0.0721. The van der Waals surface area contributed by atoms with E-state index in [4.69, 9.17) is 5.73 Å². The quantitative estimate of drug-likeness (QED) is 0.855. The number of hydrogen-bond acceptors (Lipinski definition) is 4. The van der Waals surface area contributed by atoms with Crippen molar-refractivity contribution in [3.63, 3.8) is 0 Å². The van der Waals surface area contributed by atoms with Gasteiger partial charge in [-0.25, -0.2) is 0 Å². The standard InChI is InChI=1S/C13H19N3OS/c14-13(17)10-5-11(18-8-10)6-15-12-7-16-3-1-9(12)2-4-16/h5,8-9,12,15H,1-4,6-7H2,(H2,14,17). The van der Waals surface area contributed by atoms with Crippen molar-refractivity contribution >= 4 is 17.2 Å². The van der Waals surface area contributed by atoms with Gasteiger partial charge in [-0.3, -0.25) is 4.79 Å². The lowest BCUT2D eigenvalue weighted by Gasteiger charge is -2.45. The molecule has 0 saturated carbocycles. The topological polar surface area (TPSA) is 58.4 Å². The molecule has 5 heteroatoms. The van der Waals surface area contributed by atoms with E-state index < -0.39 is 0 Å². The molecule has 0 spiro atoms. The monoisotopic (exact) mass is 265 g/mol. The summed E-state index contributed by atoms with van der Waals surface area (Å²) in [7, 11) is 0. The van der Waals surface area contributed by atoms with E-state index in [-0.39, 0.29) is 5.91 Å². The summed E-state index contributed by atoms with van der Waals surface area (Å²) in [5.41, 5.74) is 5.89. The lowest BCUT2D eigenvalue weighted by Crippen LogP contribution is -2.55. The number of hydrogen-bond donors (Lipinski definition) is 2. The minimum absolute atomic E-state index is 0.333. The minimum atomic E-state index is -0.333. The van der Waals surface area contributed by atoms with Crippen molar-refractivity contribution in [2.24, 2.45) is 11.7 Å². The molecule has 4 nitrogen and oxygen atoms in total. The van der Waals surface area contributed by atoms with Gasteiger partial charge < -0.3 is 16.0 Å². The summed E-state index contributed by atoms with van der Waals surface area (Å²) in [6.45, 7) is 4.58. The van der Waals surface area contributed by atoms with Crippen molar-refractivity contribution in [1.82, 2.24) is 10.2 Å². The van der Waals surface area contributed by atoms with E-state index in [0.29, 0.717) is 11.6 Å². The summed E-state index contributed by atoms with van der Waals surface area (Å²) in [4.78, 5) is 14.8. The Kier molecular flexibility index (Phi) is 3.37. The van der Waals surface area contributed by atoms with Gasteiger partial charge in [0.1, 0.15) is 0 Å². The first kappa shape index (κ1) is 12.1. The summed E-state index contributed by atoms with van der Waals surface area (Å²) < 4.78 is 0. The molecule has 1 atom stereocenters. The van der Waals surface area contributed by atoms with Crippen LogP contribution in [0.4, 0.5) is 0 Å². The fourth-order valence-electron chi connectivity index (χ4n) is 3.03. The van der Waals surface area contributed by atoms with E-state index in [0.717, 1.165) is 12.5 Å². The Morgan fingerprint density at radius 2 is 2.28 bits per heavy atom. The molecule has 1 aromatic heterocycles. The van der Waals surface area contributed by atoms with Gasteiger partial charge >= 0.3 is 0 Å². The van der Waals surface area contributed by atoms with Gasteiger partial charge in [0.05, 0.1) is 5.56 Å². The van der Waals surface area contributed by atoms with E-state index in [9.17, 15) is 4.79 Å². The molecule has 3 N–H and O–H groups in total. The number of amides is 1. The summed E-state index contributed by atoms with van der Waals surface area (Å²) in [5.74, 6) is 0.505. The first-order valence-corrected chi connectivity index (χ1v) is 7.43. The number of nitrogens with two attached hydrogens (primary N) is 1. The molecule has 3 aliphatic rings. The number of carbonyl (C=O) groups excluding carboxylic acids is 1. The number of piperidine rings is 3. The lowest BCUT2D eigenvalue weighted by atomic mass is 9.84. The fraction of sp³-hybridized carbons (Fsp3) is 0.615. The first-order valence-electron chi connectivity index (χ1n) is 6.55. The molecule has 0 aromatic carbocycles. The molecule has 3 saturated heterocycles. The minimum Gasteiger partial charge on any atom is -0.366 e. The molecular weight excluding hydrogens is 246 g/mol. The third-order valence-corrected chi connectivity index (χ3v) is 5.07. The van der Waals surface area contributed by atoms with Gasteiger partial charge in [-0.05, 0) is 37.9 Å². The summed E-state index contributed by atoms with van der Waals surface area (Å²) in [6, 6.07) is 2.52. The number of nitrogens with one attached hydrogen (secondary N) is 1. The molecule has 4 heterocycles. The van der Waals surface area contributed by atoms with Crippen LogP contribution >= 0.6 is 11.3 Å². The summed E-state index contributed by atoms with van der Waals surface area (Å²) >= 11 is 1.61. The molecule has 1 unspecified atom stereocenters.